The predicted octanol–water partition coefficient (Wildman–Crippen LogP) is 4.18. The highest BCUT2D eigenvalue weighted by Crippen LogP contribution is 2.44. The molecule has 1 atom stereocenters. The van der Waals surface area contributed by atoms with Crippen LogP contribution in [0.1, 0.15) is 17.2 Å². The maximum Gasteiger partial charge on any atom is 0.300 e. The zero-order valence-electron chi connectivity index (χ0n) is 16.1. The van der Waals surface area contributed by atoms with Crippen molar-refractivity contribution in [2.45, 2.75) is 6.04 Å². The van der Waals surface area contributed by atoms with Crippen LogP contribution in [-0.2, 0) is 9.59 Å². The fourth-order valence-electron chi connectivity index (χ4n) is 3.85. The van der Waals surface area contributed by atoms with Crippen molar-refractivity contribution in [3.8, 4) is 11.5 Å². The molecule has 0 spiro atoms. The molecule has 1 fully saturated rings. The second kappa shape index (κ2) is 7.28. The second-order valence-electron chi connectivity index (χ2n) is 7.12. The van der Waals surface area contributed by atoms with Gasteiger partial charge in [-0.25, -0.2) is 4.39 Å². The quantitative estimate of drug-likeness (QED) is 0.393. The van der Waals surface area contributed by atoms with E-state index in [2.05, 4.69) is 0 Å². The van der Waals surface area contributed by atoms with Gasteiger partial charge < -0.3 is 14.6 Å². The minimum Gasteiger partial charge on any atom is -0.507 e. The lowest BCUT2D eigenvalue weighted by Gasteiger charge is -2.25. The summed E-state index contributed by atoms with van der Waals surface area (Å²) >= 11 is 0. The van der Waals surface area contributed by atoms with E-state index in [0.29, 0.717) is 22.7 Å². The molecule has 0 aromatic heterocycles. The lowest BCUT2D eigenvalue weighted by atomic mass is 9.95. The van der Waals surface area contributed by atoms with Crippen LogP contribution in [-0.4, -0.2) is 23.6 Å². The van der Waals surface area contributed by atoms with Crippen LogP contribution in [0.4, 0.5) is 10.1 Å². The molecule has 6 nitrogen and oxygen atoms in total. The summed E-state index contributed by atoms with van der Waals surface area (Å²) in [6.07, 6.45) is 0. The summed E-state index contributed by atoms with van der Waals surface area (Å²) in [5, 5.41) is 11.0. The SMILES string of the molecule is O=C1C(=O)N(c2ccc3c(c2)OCO3)C(c2ccccc2)/C1=C(\O)c1ccc(F)cc1. The molecule has 0 bridgehead atoms. The van der Waals surface area contributed by atoms with Crippen LogP contribution in [0.25, 0.3) is 5.76 Å². The summed E-state index contributed by atoms with van der Waals surface area (Å²) in [4.78, 5) is 27.5. The Kier molecular flexibility index (Phi) is 4.43. The Labute approximate surface area is 176 Å². The zero-order valence-corrected chi connectivity index (χ0v) is 16.1. The van der Waals surface area contributed by atoms with Gasteiger partial charge in [-0.3, -0.25) is 14.5 Å². The van der Waals surface area contributed by atoms with Gasteiger partial charge in [-0.2, -0.15) is 0 Å². The number of anilines is 1. The third kappa shape index (κ3) is 3.11. The number of halogens is 1. The third-order valence-electron chi connectivity index (χ3n) is 5.31. The molecular formula is C24H16FNO5. The molecule has 31 heavy (non-hydrogen) atoms. The van der Waals surface area contributed by atoms with Gasteiger partial charge >= 0.3 is 0 Å². The number of hydrogen-bond donors (Lipinski definition) is 1. The van der Waals surface area contributed by atoms with E-state index in [1.165, 1.54) is 29.2 Å². The van der Waals surface area contributed by atoms with Crippen molar-refractivity contribution < 1.29 is 28.6 Å². The molecule has 2 aliphatic heterocycles. The molecule has 2 aliphatic rings. The number of fused-ring (bicyclic) bond motifs is 1. The third-order valence-corrected chi connectivity index (χ3v) is 5.31. The standard InChI is InChI=1S/C24H16FNO5/c25-16-8-6-15(7-9-16)22(27)20-21(14-4-2-1-3-5-14)26(24(29)23(20)28)17-10-11-18-19(12-17)31-13-30-18/h1-12,21,27H,13H2/b22-20+. The molecule has 154 valence electrons. The topological polar surface area (TPSA) is 76.1 Å². The van der Waals surface area contributed by atoms with Gasteiger partial charge in [0.25, 0.3) is 11.7 Å². The van der Waals surface area contributed by atoms with Crippen molar-refractivity contribution in [2.24, 2.45) is 0 Å². The monoisotopic (exact) mass is 417 g/mol. The first kappa shape index (κ1) is 18.9. The normalized spacial score (nSPS) is 19.1. The average molecular weight is 417 g/mol. The maximum absolute atomic E-state index is 13.4. The van der Waals surface area contributed by atoms with Crippen molar-refractivity contribution in [2.75, 3.05) is 11.7 Å². The summed E-state index contributed by atoms with van der Waals surface area (Å²) in [5.74, 6) is -1.44. The molecule has 0 aliphatic carbocycles. The number of nitrogens with zero attached hydrogens (tertiary/aromatic N) is 1. The molecular weight excluding hydrogens is 401 g/mol. The molecule has 7 heteroatoms. The number of carbonyl (C=O) groups is 2. The van der Waals surface area contributed by atoms with Gasteiger partial charge in [-0.1, -0.05) is 30.3 Å². The van der Waals surface area contributed by atoms with Gasteiger partial charge in [0.2, 0.25) is 6.79 Å². The Bertz CT molecular complexity index is 1220. The van der Waals surface area contributed by atoms with E-state index in [0.717, 1.165) is 0 Å². The maximum atomic E-state index is 13.4. The lowest BCUT2D eigenvalue weighted by Crippen LogP contribution is -2.29. The van der Waals surface area contributed by atoms with Crippen LogP contribution < -0.4 is 14.4 Å². The van der Waals surface area contributed by atoms with Crippen LogP contribution in [0.2, 0.25) is 0 Å². The number of Topliss-reactive ketones (excluding diaryl/α,β-unsaturated/α-hetero) is 1. The first-order chi connectivity index (χ1) is 15.0. The number of hydrogen-bond acceptors (Lipinski definition) is 5. The van der Waals surface area contributed by atoms with Crippen LogP contribution in [0.15, 0.2) is 78.4 Å². The number of ketones is 1. The van der Waals surface area contributed by atoms with Crippen molar-refractivity contribution in [1.82, 2.24) is 0 Å². The van der Waals surface area contributed by atoms with Crippen molar-refractivity contribution >= 4 is 23.1 Å². The van der Waals surface area contributed by atoms with Crippen molar-refractivity contribution in [1.29, 1.82) is 0 Å². The summed E-state index contributed by atoms with van der Waals surface area (Å²) in [6.45, 7) is 0.0737. The Hall–Kier alpha value is -4.13. The van der Waals surface area contributed by atoms with E-state index < -0.39 is 23.5 Å². The smallest absolute Gasteiger partial charge is 0.300 e. The Balaban J connectivity index is 1.70. The number of benzene rings is 3. The summed E-state index contributed by atoms with van der Waals surface area (Å²) in [7, 11) is 0. The molecule has 2 heterocycles. The predicted molar refractivity (Wildman–Crippen MR) is 110 cm³/mol. The van der Waals surface area contributed by atoms with Crippen LogP contribution in [0.3, 0.4) is 0 Å². The van der Waals surface area contributed by atoms with E-state index in [1.54, 1.807) is 42.5 Å². The molecule has 3 aromatic carbocycles. The molecule has 1 N–H and O–H groups in total. The van der Waals surface area contributed by atoms with Gasteiger partial charge in [-0.05, 0) is 42.0 Å². The Morgan fingerprint density at radius 1 is 0.935 bits per heavy atom. The van der Waals surface area contributed by atoms with Crippen molar-refractivity contribution in [3.05, 3.63) is 95.3 Å². The lowest BCUT2D eigenvalue weighted by molar-refractivity contribution is -0.132. The van der Waals surface area contributed by atoms with Gasteiger partial charge in [0.05, 0.1) is 11.6 Å². The number of aliphatic hydroxyl groups excluding tert-OH is 1. The molecule has 3 aromatic rings. The average Bonchev–Trinajstić information content (AvgIpc) is 3.36. The fourth-order valence-corrected chi connectivity index (χ4v) is 3.85. The van der Waals surface area contributed by atoms with Crippen LogP contribution >= 0.6 is 0 Å². The van der Waals surface area contributed by atoms with Gasteiger partial charge in [0.1, 0.15) is 11.6 Å². The van der Waals surface area contributed by atoms with E-state index in [4.69, 9.17) is 9.47 Å². The molecule has 0 radical (unpaired) electrons. The molecule has 1 saturated heterocycles. The van der Waals surface area contributed by atoms with Crippen LogP contribution in [0, 0.1) is 5.82 Å². The van der Waals surface area contributed by atoms with E-state index in [9.17, 15) is 19.1 Å². The minimum absolute atomic E-state index is 0.0690. The number of amides is 1. The van der Waals surface area contributed by atoms with Gasteiger partial charge in [-0.15, -0.1) is 0 Å². The first-order valence-electron chi connectivity index (χ1n) is 9.56. The highest BCUT2D eigenvalue weighted by molar-refractivity contribution is 6.51. The largest absolute Gasteiger partial charge is 0.507 e. The number of ether oxygens (including phenoxy) is 2. The van der Waals surface area contributed by atoms with Gasteiger partial charge in [0.15, 0.2) is 11.5 Å². The van der Waals surface area contributed by atoms with E-state index in [-0.39, 0.29) is 23.7 Å². The summed E-state index contributed by atoms with van der Waals surface area (Å²) < 4.78 is 24.1. The second-order valence-corrected chi connectivity index (χ2v) is 7.12. The summed E-state index contributed by atoms with van der Waals surface area (Å²) in [6, 6.07) is 18.1. The molecule has 1 amide bonds. The van der Waals surface area contributed by atoms with Crippen LogP contribution in [0.5, 0.6) is 11.5 Å². The summed E-state index contributed by atoms with van der Waals surface area (Å²) in [5.41, 5.74) is 1.24. The highest BCUT2D eigenvalue weighted by atomic mass is 19.1. The number of carbonyl (C=O) groups excluding carboxylic acids is 2. The number of rotatable bonds is 3. The molecule has 1 unspecified atom stereocenters. The molecule has 0 saturated carbocycles. The van der Waals surface area contributed by atoms with E-state index >= 15 is 0 Å². The van der Waals surface area contributed by atoms with Crippen molar-refractivity contribution in [3.63, 3.8) is 0 Å². The molecule has 5 rings (SSSR count). The van der Waals surface area contributed by atoms with E-state index in [1.807, 2.05) is 6.07 Å². The number of aliphatic hydroxyl groups is 1. The minimum atomic E-state index is -0.869. The Morgan fingerprint density at radius 3 is 2.39 bits per heavy atom. The first-order valence-corrected chi connectivity index (χ1v) is 9.56. The van der Waals surface area contributed by atoms with Gasteiger partial charge in [0, 0.05) is 17.3 Å². The zero-order chi connectivity index (χ0) is 21.5. The highest BCUT2D eigenvalue weighted by Gasteiger charge is 2.47. The fraction of sp³-hybridized carbons (Fsp3) is 0.0833. The Morgan fingerprint density at radius 2 is 1.65 bits per heavy atom.